The molecule has 40 heavy (non-hydrogen) atoms. The van der Waals surface area contributed by atoms with E-state index in [1.807, 2.05) is 18.2 Å². The number of nitrogens with one attached hydrogen (secondary N) is 3. The van der Waals surface area contributed by atoms with E-state index in [1.165, 1.54) is 22.3 Å². The van der Waals surface area contributed by atoms with E-state index in [4.69, 9.17) is 19.9 Å². The highest BCUT2D eigenvalue weighted by molar-refractivity contribution is 5.88. The fourth-order valence-electron chi connectivity index (χ4n) is 4.96. The Bertz CT molecular complexity index is 1610. The monoisotopic (exact) mass is 530 g/mol. The van der Waals surface area contributed by atoms with Crippen LogP contribution in [0.3, 0.4) is 0 Å². The van der Waals surface area contributed by atoms with Crippen LogP contribution in [-0.4, -0.2) is 46.1 Å². The number of nitrogens with zero attached hydrogens (tertiary/aromatic N) is 5. The fraction of sp³-hybridized carbons (Fsp3) is 0.250. The number of rotatable bonds is 8. The minimum atomic E-state index is 0.572. The molecule has 1 aliphatic heterocycles. The summed E-state index contributed by atoms with van der Waals surface area (Å²) in [5, 5.41) is 10.5. The van der Waals surface area contributed by atoms with Crippen LogP contribution >= 0.6 is 0 Å². The molecule has 0 spiro atoms. The third kappa shape index (κ3) is 5.58. The number of fused-ring (bicyclic) bond motifs is 1. The highest BCUT2D eigenvalue weighted by Crippen LogP contribution is 2.31. The van der Waals surface area contributed by atoms with Gasteiger partial charge in [0.1, 0.15) is 5.69 Å². The molecule has 0 saturated carbocycles. The van der Waals surface area contributed by atoms with Gasteiger partial charge in [-0.25, -0.2) is 9.97 Å². The molecule has 1 fully saturated rings. The standard InChI is InChI=1S/C32H34N8/c1-22-10-6-8-14-25(22)20-34-29-27(24-12-4-3-5-13-24)36-28-30(35-21-26-15-9-7-11-23(26)2)38-32(39-31(28)37-29)40-18-16-33-17-19-40/h3-15,33H,16-21H2,1-2H3,(H2,34,35,37,38,39). The Morgan fingerprint density at radius 3 is 1.93 bits per heavy atom. The summed E-state index contributed by atoms with van der Waals surface area (Å²) in [6, 6.07) is 26.9. The highest BCUT2D eigenvalue weighted by atomic mass is 15.3. The van der Waals surface area contributed by atoms with Gasteiger partial charge >= 0.3 is 0 Å². The molecule has 202 valence electrons. The molecule has 0 bridgehead atoms. The normalized spacial score (nSPS) is 13.4. The molecule has 0 radical (unpaired) electrons. The average molecular weight is 531 g/mol. The molecule has 1 aliphatic rings. The molecule has 8 nitrogen and oxygen atoms in total. The van der Waals surface area contributed by atoms with Crippen molar-refractivity contribution >= 4 is 28.7 Å². The van der Waals surface area contributed by atoms with Gasteiger partial charge in [0.2, 0.25) is 5.95 Å². The first-order chi connectivity index (χ1) is 19.7. The van der Waals surface area contributed by atoms with Crippen LogP contribution in [0.5, 0.6) is 0 Å². The molecule has 5 aromatic rings. The topological polar surface area (TPSA) is 90.9 Å². The van der Waals surface area contributed by atoms with E-state index in [9.17, 15) is 0 Å². The molecule has 2 aromatic heterocycles. The summed E-state index contributed by atoms with van der Waals surface area (Å²) in [4.78, 5) is 22.4. The molecule has 0 unspecified atom stereocenters. The van der Waals surface area contributed by atoms with Gasteiger partial charge in [0.05, 0.1) is 0 Å². The SMILES string of the molecule is Cc1ccccc1CNc1nc2nc(N3CCNCC3)nc(NCc3ccccc3C)c2nc1-c1ccccc1. The average Bonchev–Trinajstić information content (AvgIpc) is 3.00. The van der Waals surface area contributed by atoms with Gasteiger partial charge in [-0.05, 0) is 36.1 Å². The summed E-state index contributed by atoms with van der Waals surface area (Å²) in [5.74, 6) is 2.07. The summed E-state index contributed by atoms with van der Waals surface area (Å²) in [7, 11) is 0. The zero-order chi connectivity index (χ0) is 27.3. The lowest BCUT2D eigenvalue weighted by molar-refractivity contribution is 0.580. The molecule has 0 aliphatic carbocycles. The number of piperazine rings is 1. The first kappa shape index (κ1) is 25.7. The van der Waals surface area contributed by atoms with E-state index in [0.29, 0.717) is 41.8 Å². The molecular weight excluding hydrogens is 496 g/mol. The number of benzene rings is 3. The Morgan fingerprint density at radius 1 is 0.675 bits per heavy atom. The van der Waals surface area contributed by atoms with Crippen LogP contribution in [0, 0.1) is 13.8 Å². The molecule has 8 heteroatoms. The first-order valence-electron chi connectivity index (χ1n) is 13.8. The van der Waals surface area contributed by atoms with Crippen molar-refractivity contribution in [3.05, 3.63) is 101 Å². The van der Waals surface area contributed by atoms with Gasteiger partial charge in [-0.3, -0.25) is 0 Å². The zero-order valence-electron chi connectivity index (χ0n) is 23.0. The molecule has 3 aromatic carbocycles. The minimum Gasteiger partial charge on any atom is -0.364 e. The third-order valence-electron chi connectivity index (χ3n) is 7.38. The Hall–Kier alpha value is -4.56. The van der Waals surface area contributed by atoms with Crippen LogP contribution in [-0.2, 0) is 13.1 Å². The van der Waals surface area contributed by atoms with E-state index >= 15 is 0 Å². The van der Waals surface area contributed by atoms with Crippen molar-refractivity contribution in [2.75, 3.05) is 41.7 Å². The summed E-state index contributed by atoms with van der Waals surface area (Å²) in [6.07, 6.45) is 0. The quantitative estimate of drug-likeness (QED) is 0.248. The molecule has 3 N–H and O–H groups in total. The Balaban J connectivity index is 1.45. The zero-order valence-corrected chi connectivity index (χ0v) is 23.0. The lowest BCUT2D eigenvalue weighted by Crippen LogP contribution is -2.44. The van der Waals surface area contributed by atoms with E-state index in [1.54, 1.807) is 0 Å². The van der Waals surface area contributed by atoms with Gasteiger partial charge in [0, 0.05) is 44.8 Å². The minimum absolute atomic E-state index is 0.572. The predicted molar refractivity (Wildman–Crippen MR) is 163 cm³/mol. The second-order valence-corrected chi connectivity index (χ2v) is 10.1. The van der Waals surface area contributed by atoms with E-state index in [-0.39, 0.29) is 0 Å². The van der Waals surface area contributed by atoms with Gasteiger partial charge in [-0.2, -0.15) is 9.97 Å². The van der Waals surface area contributed by atoms with Crippen LogP contribution in [0.15, 0.2) is 78.9 Å². The molecule has 0 amide bonds. The summed E-state index contributed by atoms with van der Waals surface area (Å²) in [6.45, 7) is 9.01. The van der Waals surface area contributed by atoms with Crippen molar-refractivity contribution < 1.29 is 0 Å². The Morgan fingerprint density at radius 2 is 1.27 bits per heavy atom. The first-order valence-corrected chi connectivity index (χ1v) is 13.8. The van der Waals surface area contributed by atoms with Crippen LogP contribution < -0.4 is 20.9 Å². The molecular formula is C32H34N8. The van der Waals surface area contributed by atoms with Gasteiger partial charge < -0.3 is 20.9 Å². The maximum absolute atomic E-state index is 5.16. The van der Waals surface area contributed by atoms with E-state index in [2.05, 4.69) is 95.4 Å². The smallest absolute Gasteiger partial charge is 0.229 e. The number of aromatic nitrogens is 4. The van der Waals surface area contributed by atoms with Gasteiger partial charge in [0.25, 0.3) is 0 Å². The number of aryl methyl sites for hydroxylation is 2. The van der Waals surface area contributed by atoms with Crippen molar-refractivity contribution in [3.8, 4) is 11.3 Å². The Labute approximate surface area is 234 Å². The highest BCUT2D eigenvalue weighted by Gasteiger charge is 2.20. The second kappa shape index (κ2) is 11.7. The second-order valence-electron chi connectivity index (χ2n) is 10.1. The van der Waals surface area contributed by atoms with Crippen molar-refractivity contribution in [3.63, 3.8) is 0 Å². The molecule has 0 atom stereocenters. The number of anilines is 3. The number of hydrogen-bond donors (Lipinski definition) is 3. The van der Waals surface area contributed by atoms with Gasteiger partial charge in [-0.15, -0.1) is 0 Å². The molecule has 1 saturated heterocycles. The van der Waals surface area contributed by atoms with Gasteiger partial charge in [-0.1, -0.05) is 78.9 Å². The maximum atomic E-state index is 5.16. The molecule has 6 rings (SSSR count). The predicted octanol–water partition coefficient (Wildman–Crippen LogP) is 5.34. The summed E-state index contributed by atoms with van der Waals surface area (Å²) >= 11 is 0. The fourth-order valence-corrected chi connectivity index (χ4v) is 4.96. The van der Waals surface area contributed by atoms with Crippen LogP contribution in [0.4, 0.5) is 17.6 Å². The molecule has 3 heterocycles. The van der Waals surface area contributed by atoms with Crippen LogP contribution in [0.2, 0.25) is 0 Å². The van der Waals surface area contributed by atoms with Crippen molar-refractivity contribution in [2.24, 2.45) is 0 Å². The van der Waals surface area contributed by atoms with Crippen LogP contribution in [0.1, 0.15) is 22.3 Å². The van der Waals surface area contributed by atoms with Crippen molar-refractivity contribution in [1.82, 2.24) is 25.3 Å². The van der Waals surface area contributed by atoms with Crippen LogP contribution in [0.25, 0.3) is 22.4 Å². The van der Waals surface area contributed by atoms with E-state index < -0.39 is 0 Å². The van der Waals surface area contributed by atoms with Crippen molar-refractivity contribution in [1.29, 1.82) is 0 Å². The van der Waals surface area contributed by atoms with E-state index in [0.717, 1.165) is 37.4 Å². The maximum Gasteiger partial charge on any atom is 0.229 e. The Kier molecular flexibility index (Phi) is 7.50. The largest absolute Gasteiger partial charge is 0.364 e. The third-order valence-corrected chi connectivity index (χ3v) is 7.38. The van der Waals surface area contributed by atoms with Gasteiger partial charge in [0.15, 0.2) is 22.8 Å². The summed E-state index contributed by atoms with van der Waals surface area (Å²) < 4.78 is 0. The lowest BCUT2D eigenvalue weighted by atomic mass is 10.1. The summed E-state index contributed by atoms with van der Waals surface area (Å²) in [5.41, 5.74) is 7.89. The lowest BCUT2D eigenvalue weighted by Gasteiger charge is -2.28. The number of hydrogen-bond acceptors (Lipinski definition) is 8. The van der Waals surface area contributed by atoms with Crippen molar-refractivity contribution in [2.45, 2.75) is 26.9 Å².